The molecule has 2 heterocycles. The Morgan fingerprint density at radius 2 is 1.69 bits per heavy atom. The summed E-state index contributed by atoms with van der Waals surface area (Å²) in [4.78, 5) is 13.1. The number of anilines is 3. The molecule has 2 N–H and O–H groups in total. The van der Waals surface area contributed by atoms with Crippen LogP contribution in [0.25, 0.3) is 0 Å². The Morgan fingerprint density at radius 3 is 2.31 bits per heavy atom. The molecule has 1 fully saturated rings. The molecule has 0 spiro atoms. The first kappa shape index (κ1) is 22.4. The SMILES string of the molecule is CCc1ccc(S(=O)(=O)c2cnc(N3CCN(c4cc(Cl)ccc4C)CC3)nc2N)cc1. The van der Waals surface area contributed by atoms with E-state index in [9.17, 15) is 8.42 Å². The Hall–Kier alpha value is -2.84. The molecule has 168 valence electrons. The summed E-state index contributed by atoms with van der Waals surface area (Å²) in [6.45, 7) is 7.01. The average Bonchev–Trinajstić information content (AvgIpc) is 2.80. The maximum absolute atomic E-state index is 13.0. The van der Waals surface area contributed by atoms with E-state index in [2.05, 4.69) is 21.8 Å². The largest absolute Gasteiger partial charge is 0.382 e. The lowest BCUT2D eigenvalue weighted by atomic mass is 10.1. The van der Waals surface area contributed by atoms with Gasteiger partial charge >= 0.3 is 0 Å². The van der Waals surface area contributed by atoms with E-state index < -0.39 is 9.84 Å². The van der Waals surface area contributed by atoms with Crippen molar-refractivity contribution < 1.29 is 8.42 Å². The van der Waals surface area contributed by atoms with E-state index in [1.165, 1.54) is 11.8 Å². The summed E-state index contributed by atoms with van der Waals surface area (Å²) < 4.78 is 26.0. The number of aromatic nitrogens is 2. The molecular formula is C23H26ClN5O2S. The van der Waals surface area contributed by atoms with Gasteiger partial charge in [-0.2, -0.15) is 4.98 Å². The van der Waals surface area contributed by atoms with Crippen molar-refractivity contribution in [3.05, 3.63) is 64.8 Å². The van der Waals surface area contributed by atoms with E-state index in [-0.39, 0.29) is 15.6 Å². The minimum Gasteiger partial charge on any atom is -0.382 e. The van der Waals surface area contributed by atoms with Crippen LogP contribution in [-0.2, 0) is 16.3 Å². The summed E-state index contributed by atoms with van der Waals surface area (Å²) in [5, 5.41) is 0.713. The summed E-state index contributed by atoms with van der Waals surface area (Å²) in [6, 6.07) is 12.7. The molecule has 1 aliphatic heterocycles. The van der Waals surface area contributed by atoms with Gasteiger partial charge in [-0.15, -0.1) is 0 Å². The Bertz CT molecular complexity index is 1220. The number of nitrogens with zero attached hydrogens (tertiary/aromatic N) is 4. The van der Waals surface area contributed by atoms with Crippen molar-refractivity contribution in [3.8, 4) is 0 Å². The van der Waals surface area contributed by atoms with E-state index in [4.69, 9.17) is 17.3 Å². The maximum Gasteiger partial charge on any atom is 0.227 e. The molecule has 1 aliphatic rings. The first-order valence-electron chi connectivity index (χ1n) is 10.5. The number of sulfone groups is 1. The van der Waals surface area contributed by atoms with Gasteiger partial charge in [0.15, 0.2) is 0 Å². The Morgan fingerprint density at radius 1 is 1.03 bits per heavy atom. The fourth-order valence-electron chi connectivity index (χ4n) is 3.84. The van der Waals surface area contributed by atoms with Gasteiger partial charge in [-0.1, -0.05) is 36.7 Å². The number of benzene rings is 2. The van der Waals surface area contributed by atoms with E-state index in [1.807, 2.05) is 30.0 Å². The van der Waals surface area contributed by atoms with Gasteiger partial charge in [0, 0.05) is 36.9 Å². The van der Waals surface area contributed by atoms with Gasteiger partial charge in [-0.05, 0) is 48.7 Å². The molecule has 0 amide bonds. The highest BCUT2D eigenvalue weighted by Crippen LogP contribution is 2.28. The van der Waals surface area contributed by atoms with Crippen LogP contribution >= 0.6 is 11.6 Å². The second-order valence-electron chi connectivity index (χ2n) is 7.83. The van der Waals surface area contributed by atoms with Gasteiger partial charge in [0.2, 0.25) is 15.8 Å². The van der Waals surface area contributed by atoms with Gasteiger partial charge in [0.1, 0.15) is 10.7 Å². The number of nitrogen functional groups attached to an aromatic ring is 1. The minimum atomic E-state index is -3.79. The first-order valence-corrected chi connectivity index (χ1v) is 12.4. The second-order valence-corrected chi connectivity index (χ2v) is 10.2. The van der Waals surface area contributed by atoms with Crippen LogP contribution in [0.2, 0.25) is 5.02 Å². The predicted molar refractivity (Wildman–Crippen MR) is 128 cm³/mol. The zero-order valence-corrected chi connectivity index (χ0v) is 19.7. The van der Waals surface area contributed by atoms with Crippen molar-refractivity contribution in [3.63, 3.8) is 0 Å². The molecule has 7 nitrogen and oxygen atoms in total. The monoisotopic (exact) mass is 471 g/mol. The van der Waals surface area contributed by atoms with E-state index in [0.29, 0.717) is 24.1 Å². The minimum absolute atomic E-state index is 0.0392. The molecule has 4 rings (SSSR count). The number of piperazine rings is 1. The third-order valence-corrected chi connectivity index (χ3v) is 7.80. The summed E-state index contributed by atoms with van der Waals surface area (Å²) in [7, 11) is -3.79. The van der Waals surface area contributed by atoms with Crippen LogP contribution in [0, 0.1) is 6.92 Å². The van der Waals surface area contributed by atoms with Gasteiger partial charge in [-0.3, -0.25) is 0 Å². The number of rotatable bonds is 5. The Labute approximate surface area is 193 Å². The van der Waals surface area contributed by atoms with Crippen molar-refractivity contribution in [2.45, 2.75) is 30.1 Å². The standard InChI is InChI=1S/C23H26ClN5O2S/c1-3-17-5-8-19(9-6-17)32(30,31)21-15-26-23(27-22(21)25)29-12-10-28(11-13-29)20-14-18(24)7-4-16(20)2/h4-9,14-15H,3,10-13H2,1-2H3,(H2,25,26,27). The number of aryl methyl sites for hydroxylation is 2. The molecule has 32 heavy (non-hydrogen) atoms. The lowest BCUT2D eigenvalue weighted by Crippen LogP contribution is -2.47. The quantitative estimate of drug-likeness (QED) is 0.605. The van der Waals surface area contributed by atoms with Crippen molar-refractivity contribution in [1.82, 2.24) is 9.97 Å². The number of hydrogen-bond acceptors (Lipinski definition) is 7. The molecule has 0 aliphatic carbocycles. The highest BCUT2D eigenvalue weighted by molar-refractivity contribution is 7.91. The third-order valence-electron chi connectivity index (χ3n) is 5.78. The molecule has 0 unspecified atom stereocenters. The van der Waals surface area contributed by atoms with Crippen LogP contribution in [0.15, 0.2) is 58.5 Å². The summed E-state index contributed by atoms with van der Waals surface area (Å²) in [6.07, 6.45) is 2.15. The average molecular weight is 472 g/mol. The zero-order valence-electron chi connectivity index (χ0n) is 18.1. The van der Waals surface area contributed by atoms with Crippen LogP contribution < -0.4 is 15.5 Å². The van der Waals surface area contributed by atoms with E-state index >= 15 is 0 Å². The molecule has 9 heteroatoms. The van der Waals surface area contributed by atoms with Crippen LogP contribution in [0.5, 0.6) is 0 Å². The van der Waals surface area contributed by atoms with E-state index in [0.717, 1.165) is 30.8 Å². The fourth-order valence-corrected chi connectivity index (χ4v) is 5.26. The van der Waals surface area contributed by atoms with Crippen LogP contribution in [0.4, 0.5) is 17.5 Å². The van der Waals surface area contributed by atoms with Gasteiger partial charge in [-0.25, -0.2) is 13.4 Å². The van der Waals surface area contributed by atoms with Crippen molar-refractivity contribution in [1.29, 1.82) is 0 Å². The number of hydrogen-bond donors (Lipinski definition) is 1. The van der Waals surface area contributed by atoms with Gasteiger partial charge in [0.05, 0.1) is 11.1 Å². The Kier molecular flexibility index (Phi) is 6.26. The maximum atomic E-state index is 13.0. The molecule has 0 radical (unpaired) electrons. The normalized spacial score (nSPS) is 14.6. The molecule has 2 aromatic carbocycles. The van der Waals surface area contributed by atoms with Crippen molar-refractivity contribution in [2.75, 3.05) is 41.7 Å². The molecule has 0 saturated carbocycles. The van der Waals surface area contributed by atoms with Crippen LogP contribution in [0.1, 0.15) is 18.1 Å². The lowest BCUT2D eigenvalue weighted by molar-refractivity contribution is 0.595. The zero-order chi connectivity index (χ0) is 22.9. The molecular weight excluding hydrogens is 446 g/mol. The lowest BCUT2D eigenvalue weighted by Gasteiger charge is -2.37. The molecule has 0 bridgehead atoms. The van der Waals surface area contributed by atoms with Crippen molar-refractivity contribution in [2.24, 2.45) is 0 Å². The Balaban J connectivity index is 1.51. The van der Waals surface area contributed by atoms with Crippen LogP contribution in [-0.4, -0.2) is 44.6 Å². The second kappa shape index (κ2) is 8.96. The predicted octanol–water partition coefficient (Wildman–Crippen LogP) is 3.74. The van der Waals surface area contributed by atoms with Gasteiger partial charge in [0.25, 0.3) is 0 Å². The topological polar surface area (TPSA) is 92.4 Å². The van der Waals surface area contributed by atoms with Gasteiger partial charge < -0.3 is 15.5 Å². The molecule has 1 aromatic heterocycles. The van der Waals surface area contributed by atoms with Crippen LogP contribution in [0.3, 0.4) is 0 Å². The molecule has 0 atom stereocenters. The van der Waals surface area contributed by atoms with E-state index in [1.54, 1.807) is 24.3 Å². The summed E-state index contributed by atoms with van der Waals surface area (Å²) in [5.74, 6) is 0.396. The van der Waals surface area contributed by atoms with Crippen molar-refractivity contribution >= 4 is 38.9 Å². The highest BCUT2D eigenvalue weighted by Gasteiger charge is 2.25. The fraction of sp³-hybridized carbons (Fsp3) is 0.304. The number of nitrogens with two attached hydrogens (primary N) is 1. The molecule has 3 aromatic rings. The summed E-state index contributed by atoms with van der Waals surface area (Å²) in [5.41, 5.74) is 9.44. The summed E-state index contributed by atoms with van der Waals surface area (Å²) >= 11 is 6.17. The first-order chi connectivity index (χ1) is 15.3. The molecule has 1 saturated heterocycles. The highest BCUT2D eigenvalue weighted by atomic mass is 35.5. The number of halogens is 1. The smallest absolute Gasteiger partial charge is 0.227 e. The third kappa shape index (κ3) is 4.38.